The predicted molar refractivity (Wildman–Crippen MR) is 74.5 cm³/mol. The molecule has 0 spiro atoms. The molecule has 18 heavy (non-hydrogen) atoms. The van der Waals surface area contributed by atoms with Crippen LogP contribution in [0, 0.1) is 0 Å². The molecule has 1 rings (SSSR count). The molecule has 0 aromatic heterocycles. The molecule has 108 valence electrons. The van der Waals surface area contributed by atoms with Gasteiger partial charge in [0.05, 0.1) is 0 Å². The first-order chi connectivity index (χ1) is 8.57. The Morgan fingerprint density at radius 3 is 2.17 bits per heavy atom. The van der Waals surface area contributed by atoms with Crippen LogP contribution in [0.3, 0.4) is 0 Å². The Hall–Kier alpha value is -0.170. The van der Waals surface area contributed by atoms with Gasteiger partial charge in [0.1, 0.15) is 0 Å². The van der Waals surface area contributed by atoms with Crippen molar-refractivity contribution in [1.82, 2.24) is 8.61 Å². The quantitative estimate of drug-likeness (QED) is 0.724. The number of hydrogen-bond donors (Lipinski definition) is 1. The highest BCUT2D eigenvalue weighted by molar-refractivity contribution is 7.86. The Bertz CT molecular complexity index is 322. The van der Waals surface area contributed by atoms with Gasteiger partial charge in [0, 0.05) is 25.7 Å². The number of nitrogens with two attached hydrogens (primary N) is 1. The Kier molecular flexibility index (Phi) is 6.55. The molecule has 1 fully saturated rings. The van der Waals surface area contributed by atoms with Crippen molar-refractivity contribution in [3.05, 3.63) is 0 Å². The van der Waals surface area contributed by atoms with Gasteiger partial charge >= 0.3 is 0 Å². The standard InChI is InChI=1S/C12H27N3O2S/c1-3-14(4-2)18(16,17)15(11-7-10-13)12-8-5-6-9-12/h12H,3-11,13H2,1-2H3. The smallest absolute Gasteiger partial charge is 0.282 e. The minimum Gasteiger partial charge on any atom is -0.330 e. The SMILES string of the molecule is CCN(CC)S(=O)(=O)N(CCCN)C1CCCC1. The molecule has 0 saturated heterocycles. The summed E-state index contributed by atoms with van der Waals surface area (Å²) in [5, 5.41) is 0. The van der Waals surface area contributed by atoms with Gasteiger partial charge in [0.15, 0.2) is 0 Å². The zero-order valence-electron chi connectivity index (χ0n) is 11.6. The molecule has 6 heteroatoms. The van der Waals surface area contributed by atoms with Crippen molar-refractivity contribution in [2.45, 2.75) is 52.0 Å². The molecule has 1 saturated carbocycles. The third-order valence-corrected chi connectivity index (χ3v) is 5.89. The van der Waals surface area contributed by atoms with Gasteiger partial charge in [0.2, 0.25) is 0 Å². The van der Waals surface area contributed by atoms with Crippen molar-refractivity contribution in [1.29, 1.82) is 0 Å². The average Bonchev–Trinajstić information content (AvgIpc) is 2.84. The van der Waals surface area contributed by atoms with E-state index in [0.29, 0.717) is 26.2 Å². The fourth-order valence-electron chi connectivity index (χ4n) is 2.62. The second-order valence-electron chi connectivity index (χ2n) is 4.78. The number of hydrogen-bond acceptors (Lipinski definition) is 3. The Balaban J connectivity index is 2.85. The van der Waals surface area contributed by atoms with Crippen molar-refractivity contribution >= 4 is 10.2 Å². The van der Waals surface area contributed by atoms with Gasteiger partial charge in [-0.15, -0.1) is 0 Å². The van der Waals surface area contributed by atoms with Gasteiger partial charge in [0.25, 0.3) is 10.2 Å². The molecule has 0 aromatic carbocycles. The summed E-state index contributed by atoms with van der Waals surface area (Å²) in [5.41, 5.74) is 5.52. The fraction of sp³-hybridized carbons (Fsp3) is 1.00. The van der Waals surface area contributed by atoms with E-state index >= 15 is 0 Å². The Labute approximate surface area is 112 Å². The van der Waals surface area contributed by atoms with Crippen LogP contribution in [0.15, 0.2) is 0 Å². The molecule has 0 unspecified atom stereocenters. The van der Waals surface area contributed by atoms with Gasteiger partial charge in [-0.25, -0.2) is 0 Å². The minimum absolute atomic E-state index is 0.183. The minimum atomic E-state index is -3.31. The first-order valence-electron chi connectivity index (χ1n) is 7.04. The normalized spacial score (nSPS) is 18.1. The maximum atomic E-state index is 12.6. The van der Waals surface area contributed by atoms with E-state index in [1.165, 1.54) is 0 Å². The maximum absolute atomic E-state index is 12.6. The monoisotopic (exact) mass is 277 g/mol. The highest BCUT2D eigenvalue weighted by Gasteiger charge is 2.34. The summed E-state index contributed by atoms with van der Waals surface area (Å²) in [6.07, 6.45) is 4.99. The zero-order valence-corrected chi connectivity index (χ0v) is 12.5. The van der Waals surface area contributed by atoms with E-state index in [1.807, 2.05) is 13.8 Å². The largest absolute Gasteiger partial charge is 0.330 e. The van der Waals surface area contributed by atoms with Crippen LogP contribution < -0.4 is 5.73 Å². The van der Waals surface area contributed by atoms with E-state index in [-0.39, 0.29) is 6.04 Å². The molecule has 0 aliphatic heterocycles. The molecule has 0 atom stereocenters. The van der Waals surface area contributed by atoms with Crippen LogP contribution in [-0.2, 0) is 10.2 Å². The van der Waals surface area contributed by atoms with E-state index < -0.39 is 10.2 Å². The first-order valence-corrected chi connectivity index (χ1v) is 8.44. The summed E-state index contributed by atoms with van der Waals surface area (Å²) in [4.78, 5) is 0. The van der Waals surface area contributed by atoms with Crippen LogP contribution in [0.4, 0.5) is 0 Å². The van der Waals surface area contributed by atoms with E-state index in [9.17, 15) is 8.42 Å². The average molecular weight is 277 g/mol. The maximum Gasteiger partial charge on any atom is 0.282 e. The van der Waals surface area contributed by atoms with Crippen molar-refractivity contribution in [2.24, 2.45) is 5.73 Å². The first kappa shape index (κ1) is 15.9. The summed E-state index contributed by atoms with van der Waals surface area (Å²) in [7, 11) is -3.31. The topological polar surface area (TPSA) is 66.6 Å². The van der Waals surface area contributed by atoms with E-state index in [4.69, 9.17) is 5.73 Å². The molecule has 0 radical (unpaired) electrons. The van der Waals surface area contributed by atoms with Crippen LogP contribution in [-0.4, -0.2) is 49.2 Å². The molecular formula is C12H27N3O2S. The van der Waals surface area contributed by atoms with Crippen molar-refractivity contribution in [2.75, 3.05) is 26.2 Å². The molecule has 1 aliphatic carbocycles. The number of rotatable bonds is 8. The lowest BCUT2D eigenvalue weighted by atomic mass is 10.2. The molecule has 5 nitrogen and oxygen atoms in total. The summed E-state index contributed by atoms with van der Waals surface area (Å²) in [5.74, 6) is 0. The van der Waals surface area contributed by atoms with Gasteiger partial charge in [-0.05, 0) is 25.8 Å². The fourth-order valence-corrected chi connectivity index (χ4v) is 4.52. The molecule has 1 aliphatic rings. The molecule has 2 N–H and O–H groups in total. The van der Waals surface area contributed by atoms with E-state index in [2.05, 4.69) is 0 Å². The van der Waals surface area contributed by atoms with Crippen LogP contribution in [0.1, 0.15) is 46.0 Å². The van der Waals surface area contributed by atoms with Crippen molar-refractivity contribution < 1.29 is 8.42 Å². The van der Waals surface area contributed by atoms with Gasteiger partial charge in [-0.2, -0.15) is 17.0 Å². The summed E-state index contributed by atoms with van der Waals surface area (Å²) < 4.78 is 28.4. The Morgan fingerprint density at radius 1 is 1.17 bits per heavy atom. The summed E-state index contributed by atoms with van der Waals surface area (Å²) in [6, 6.07) is 0.183. The molecule has 0 amide bonds. The van der Waals surface area contributed by atoms with E-state index in [1.54, 1.807) is 8.61 Å². The van der Waals surface area contributed by atoms with Gasteiger partial charge < -0.3 is 5.73 Å². The lowest BCUT2D eigenvalue weighted by Crippen LogP contribution is -2.48. The van der Waals surface area contributed by atoms with Crippen molar-refractivity contribution in [3.8, 4) is 0 Å². The van der Waals surface area contributed by atoms with Gasteiger partial charge in [-0.3, -0.25) is 0 Å². The lowest BCUT2D eigenvalue weighted by molar-refractivity contribution is 0.287. The lowest BCUT2D eigenvalue weighted by Gasteiger charge is -2.32. The van der Waals surface area contributed by atoms with Crippen LogP contribution in [0.2, 0.25) is 0 Å². The summed E-state index contributed by atoms with van der Waals surface area (Å²) >= 11 is 0. The Morgan fingerprint density at radius 2 is 1.72 bits per heavy atom. The predicted octanol–water partition coefficient (Wildman–Crippen LogP) is 1.17. The van der Waals surface area contributed by atoms with Crippen LogP contribution >= 0.6 is 0 Å². The third kappa shape index (κ3) is 3.66. The molecular weight excluding hydrogens is 250 g/mol. The second-order valence-corrected chi connectivity index (χ2v) is 6.66. The van der Waals surface area contributed by atoms with Gasteiger partial charge in [-0.1, -0.05) is 26.7 Å². The van der Waals surface area contributed by atoms with Crippen molar-refractivity contribution in [3.63, 3.8) is 0 Å². The third-order valence-electron chi connectivity index (χ3n) is 3.64. The molecule has 0 aromatic rings. The highest BCUT2D eigenvalue weighted by atomic mass is 32.2. The zero-order chi connectivity index (χ0) is 13.6. The summed E-state index contributed by atoms with van der Waals surface area (Å²) in [6.45, 7) is 5.93. The highest BCUT2D eigenvalue weighted by Crippen LogP contribution is 2.27. The van der Waals surface area contributed by atoms with E-state index in [0.717, 1.165) is 32.1 Å². The second kappa shape index (κ2) is 7.43. The van der Waals surface area contributed by atoms with Crippen LogP contribution in [0.25, 0.3) is 0 Å². The number of nitrogens with zero attached hydrogens (tertiary/aromatic N) is 2. The van der Waals surface area contributed by atoms with Crippen LogP contribution in [0.5, 0.6) is 0 Å². The molecule has 0 bridgehead atoms. The molecule has 0 heterocycles.